The van der Waals surface area contributed by atoms with E-state index in [1.807, 2.05) is 62.4 Å². The van der Waals surface area contributed by atoms with Crippen molar-refractivity contribution in [3.63, 3.8) is 0 Å². The molecule has 0 saturated carbocycles. The highest BCUT2D eigenvalue weighted by molar-refractivity contribution is 6.31. The summed E-state index contributed by atoms with van der Waals surface area (Å²) < 4.78 is 16.5. The van der Waals surface area contributed by atoms with Crippen molar-refractivity contribution < 1.29 is 43.3 Å². The Bertz CT molecular complexity index is 1770. The lowest BCUT2D eigenvalue weighted by Crippen LogP contribution is -2.59. The maximum atomic E-state index is 13.8. The molecule has 0 fully saturated rings. The van der Waals surface area contributed by atoms with Crippen molar-refractivity contribution in [2.75, 3.05) is 26.3 Å². The molecule has 14 nitrogen and oxygen atoms in total. The van der Waals surface area contributed by atoms with Crippen molar-refractivity contribution in [2.24, 2.45) is 5.92 Å². The summed E-state index contributed by atoms with van der Waals surface area (Å²) in [6, 6.07) is 19.2. The van der Waals surface area contributed by atoms with Gasteiger partial charge in [0.05, 0.1) is 12.2 Å². The van der Waals surface area contributed by atoms with Crippen LogP contribution in [0.4, 0.5) is 14.4 Å². The van der Waals surface area contributed by atoms with Crippen molar-refractivity contribution in [1.82, 2.24) is 26.4 Å². The van der Waals surface area contributed by atoms with Crippen LogP contribution in [0.1, 0.15) is 70.1 Å². The Hall–Kier alpha value is -5.34. The Labute approximate surface area is 326 Å². The number of hydrogen-bond acceptors (Lipinski definition) is 8. The fourth-order valence-electron chi connectivity index (χ4n) is 5.85. The van der Waals surface area contributed by atoms with Gasteiger partial charge in [-0.25, -0.2) is 24.2 Å². The first-order valence-corrected chi connectivity index (χ1v) is 18.5. The van der Waals surface area contributed by atoms with Crippen molar-refractivity contribution in [1.29, 1.82) is 0 Å². The molecule has 0 heterocycles. The number of fused-ring (bicyclic) bond motifs is 3. The molecule has 4 rings (SSSR count). The van der Waals surface area contributed by atoms with Crippen LogP contribution in [0.3, 0.4) is 0 Å². The van der Waals surface area contributed by atoms with Crippen molar-refractivity contribution in [2.45, 2.75) is 77.7 Å². The number of aliphatic carboxylic acids is 1. The van der Waals surface area contributed by atoms with Crippen LogP contribution in [0, 0.1) is 5.92 Å². The van der Waals surface area contributed by atoms with Gasteiger partial charge in [-0.2, -0.15) is 0 Å². The molecule has 2 atom stereocenters. The minimum atomic E-state index is -1.41. The SMILES string of the molecule is CC(C)CN(NC(=O)[C@H](CCCNC(=O)OCc1ccccc1Cl)NC(=O)OCC1c2ccccc2-c2ccccc21)C(=O)N[C@@H](COC(C)(C)C)C(=O)O. The van der Waals surface area contributed by atoms with E-state index in [2.05, 4.69) is 21.4 Å². The van der Waals surface area contributed by atoms with E-state index >= 15 is 0 Å². The number of hydrogen-bond donors (Lipinski definition) is 5. The van der Waals surface area contributed by atoms with Crippen LogP contribution in [0.5, 0.6) is 0 Å². The van der Waals surface area contributed by atoms with Gasteiger partial charge in [-0.15, -0.1) is 0 Å². The van der Waals surface area contributed by atoms with E-state index in [4.69, 9.17) is 25.8 Å². The number of urea groups is 1. The van der Waals surface area contributed by atoms with Crippen LogP contribution < -0.4 is 21.4 Å². The second-order valence-electron chi connectivity index (χ2n) is 14.5. The Kier molecular flexibility index (Phi) is 15.3. The number of carbonyl (C=O) groups excluding carboxylic acids is 4. The van der Waals surface area contributed by atoms with Crippen LogP contribution in [0.2, 0.25) is 5.02 Å². The van der Waals surface area contributed by atoms with Gasteiger partial charge in [0.25, 0.3) is 5.91 Å². The van der Waals surface area contributed by atoms with E-state index in [9.17, 15) is 29.1 Å². The summed E-state index contributed by atoms with van der Waals surface area (Å²) in [4.78, 5) is 64.8. The minimum Gasteiger partial charge on any atom is -0.480 e. The van der Waals surface area contributed by atoms with Gasteiger partial charge in [0.2, 0.25) is 0 Å². The molecule has 0 aliphatic heterocycles. The van der Waals surface area contributed by atoms with Crippen molar-refractivity contribution in [3.8, 4) is 11.1 Å². The van der Waals surface area contributed by atoms with Crippen molar-refractivity contribution in [3.05, 3.63) is 94.5 Å². The predicted molar refractivity (Wildman–Crippen MR) is 206 cm³/mol. The normalized spacial score (nSPS) is 13.1. The van der Waals surface area contributed by atoms with Gasteiger partial charge in [-0.1, -0.05) is 92.2 Å². The van der Waals surface area contributed by atoms with Gasteiger partial charge < -0.3 is 35.3 Å². The highest BCUT2D eigenvalue weighted by Crippen LogP contribution is 2.44. The standard InChI is InChI=1S/C40H50ClN5O9/c1-25(2)21-46(37(50)43-34(36(48)49)24-55-40(3,4)5)45-35(47)33(19-12-20-42-38(51)53-22-26-13-6-11-18-32(26)41)44-39(52)54-23-31-29-16-9-7-14-27(29)28-15-8-10-17-30(28)31/h6-11,13-18,25,31,33-34H,12,19-24H2,1-5H3,(H,42,51)(H,43,50)(H,44,52)(H,45,47)(H,48,49)/t33-,34-/m0/s1. The minimum absolute atomic E-state index is 0.00210. The third-order valence-corrected chi connectivity index (χ3v) is 8.89. The number of benzene rings is 3. The summed E-state index contributed by atoms with van der Waals surface area (Å²) in [7, 11) is 0. The van der Waals surface area contributed by atoms with Crippen LogP contribution in [-0.2, 0) is 30.4 Å². The fraction of sp³-hybridized carbons (Fsp3) is 0.425. The molecule has 0 radical (unpaired) electrons. The lowest BCUT2D eigenvalue weighted by atomic mass is 9.98. The Balaban J connectivity index is 1.43. The monoisotopic (exact) mass is 779 g/mol. The molecule has 55 heavy (non-hydrogen) atoms. The van der Waals surface area contributed by atoms with E-state index in [1.54, 1.807) is 45.0 Å². The number of amides is 5. The number of carboxylic acid groups (broad SMARTS) is 1. The van der Waals surface area contributed by atoms with Crippen LogP contribution in [0.15, 0.2) is 72.8 Å². The molecule has 0 unspecified atom stereocenters. The summed E-state index contributed by atoms with van der Waals surface area (Å²) in [5.74, 6) is -2.44. The largest absolute Gasteiger partial charge is 0.480 e. The smallest absolute Gasteiger partial charge is 0.407 e. The van der Waals surface area contributed by atoms with Crippen LogP contribution >= 0.6 is 11.6 Å². The van der Waals surface area contributed by atoms with Gasteiger partial charge in [0.15, 0.2) is 6.04 Å². The molecular formula is C40H50ClN5O9. The van der Waals surface area contributed by atoms with Crippen LogP contribution in [-0.4, -0.2) is 84.2 Å². The van der Waals surface area contributed by atoms with Gasteiger partial charge >= 0.3 is 24.2 Å². The number of carbonyl (C=O) groups is 5. The number of carboxylic acids is 1. The number of rotatable bonds is 16. The zero-order valence-electron chi connectivity index (χ0n) is 31.7. The highest BCUT2D eigenvalue weighted by atomic mass is 35.5. The molecular weight excluding hydrogens is 730 g/mol. The number of alkyl carbamates (subject to hydrolysis) is 2. The third kappa shape index (κ3) is 12.9. The number of nitrogens with one attached hydrogen (secondary N) is 4. The Morgan fingerprint density at radius 3 is 2.05 bits per heavy atom. The molecule has 3 aromatic carbocycles. The Morgan fingerprint density at radius 2 is 1.45 bits per heavy atom. The van der Waals surface area contributed by atoms with Gasteiger partial charge in [-0.05, 0) is 67.9 Å². The molecule has 296 valence electrons. The fourth-order valence-corrected chi connectivity index (χ4v) is 6.04. The lowest BCUT2D eigenvalue weighted by molar-refractivity contribution is -0.142. The summed E-state index contributed by atoms with van der Waals surface area (Å²) in [6.07, 6.45) is -1.33. The maximum Gasteiger partial charge on any atom is 0.407 e. The summed E-state index contributed by atoms with van der Waals surface area (Å²) in [5.41, 5.74) is 6.65. The average Bonchev–Trinajstić information content (AvgIpc) is 3.45. The van der Waals surface area contributed by atoms with Gasteiger partial charge in [-0.3, -0.25) is 10.2 Å². The molecule has 0 spiro atoms. The molecule has 5 N–H and O–H groups in total. The zero-order valence-corrected chi connectivity index (χ0v) is 32.5. The first-order valence-electron chi connectivity index (χ1n) is 18.1. The molecule has 0 saturated heterocycles. The number of halogens is 1. The lowest BCUT2D eigenvalue weighted by Gasteiger charge is -2.29. The summed E-state index contributed by atoms with van der Waals surface area (Å²) in [5, 5.41) is 18.8. The van der Waals surface area contributed by atoms with E-state index in [-0.39, 0.29) is 57.6 Å². The van der Waals surface area contributed by atoms with Crippen LogP contribution in [0.25, 0.3) is 11.1 Å². The molecule has 3 aromatic rings. The summed E-state index contributed by atoms with van der Waals surface area (Å²) in [6.45, 7) is 8.63. The van der Waals surface area contributed by atoms with E-state index in [0.717, 1.165) is 27.3 Å². The second-order valence-corrected chi connectivity index (χ2v) is 14.9. The maximum absolute atomic E-state index is 13.8. The van der Waals surface area contributed by atoms with E-state index < -0.39 is 47.8 Å². The Morgan fingerprint density at radius 1 is 0.836 bits per heavy atom. The average molecular weight is 780 g/mol. The molecule has 15 heteroatoms. The molecule has 0 aromatic heterocycles. The quantitative estimate of drug-likeness (QED) is 0.0832. The van der Waals surface area contributed by atoms with Crippen molar-refractivity contribution >= 4 is 41.7 Å². The molecule has 1 aliphatic rings. The van der Waals surface area contributed by atoms with Gasteiger partial charge in [0, 0.05) is 29.6 Å². The predicted octanol–water partition coefficient (Wildman–Crippen LogP) is 6.22. The third-order valence-electron chi connectivity index (χ3n) is 8.52. The first kappa shape index (κ1) is 42.4. The number of nitrogens with zero attached hydrogens (tertiary/aromatic N) is 1. The highest BCUT2D eigenvalue weighted by Gasteiger charge is 2.32. The van der Waals surface area contributed by atoms with E-state index in [0.29, 0.717) is 10.6 Å². The summed E-state index contributed by atoms with van der Waals surface area (Å²) >= 11 is 6.14. The molecule has 0 bridgehead atoms. The number of ether oxygens (including phenoxy) is 3. The van der Waals surface area contributed by atoms with Gasteiger partial charge in [0.1, 0.15) is 19.3 Å². The molecule has 1 aliphatic carbocycles. The number of hydrazine groups is 1. The zero-order chi connectivity index (χ0) is 40.1. The molecule has 5 amide bonds. The second kappa shape index (κ2) is 19.8. The first-order chi connectivity index (χ1) is 26.1. The topological polar surface area (TPSA) is 185 Å². The van der Waals surface area contributed by atoms with E-state index in [1.165, 1.54) is 0 Å².